The minimum Gasteiger partial charge on any atom is -0.477 e. The predicted molar refractivity (Wildman–Crippen MR) is 70.6 cm³/mol. The smallest absolute Gasteiger partial charge is 0.354 e. The van der Waals surface area contributed by atoms with Crippen LogP contribution in [-0.2, 0) is 4.79 Å². The molecule has 0 aromatic carbocycles. The highest BCUT2D eigenvalue weighted by molar-refractivity contribution is 8.13. The average Bonchev–Trinajstić information content (AvgIpc) is 2.27. The molecule has 0 spiro atoms. The maximum atomic E-state index is 10.8. The summed E-state index contributed by atoms with van der Waals surface area (Å²) >= 11 is 1.24. The van der Waals surface area contributed by atoms with Crippen LogP contribution in [0.15, 0.2) is 12.3 Å². The summed E-state index contributed by atoms with van der Waals surface area (Å²) in [6.07, 6.45) is 2.06. The average molecular weight is 263 g/mol. The van der Waals surface area contributed by atoms with E-state index in [2.05, 4.69) is 16.8 Å². The lowest BCUT2D eigenvalue weighted by molar-refractivity contribution is -0.109. The molecular weight excluding hydrogens is 250 g/mol. The summed E-state index contributed by atoms with van der Waals surface area (Å²) in [5.41, 5.74) is 1.32. The van der Waals surface area contributed by atoms with Crippen LogP contribution in [0.2, 0.25) is 0 Å². The van der Waals surface area contributed by atoms with E-state index >= 15 is 0 Å². The van der Waals surface area contributed by atoms with Gasteiger partial charge in [-0.2, -0.15) is 0 Å². The van der Waals surface area contributed by atoms with Crippen LogP contribution < -0.4 is 0 Å². The van der Waals surface area contributed by atoms with Crippen LogP contribution in [0.3, 0.4) is 0 Å². The lowest BCUT2D eigenvalue weighted by Crippen LogP contribution is -2.03. The highest BCUT2D eigenvalue weighted by Gasteiger charge is 2.07. The fourth-order valence-corrected chi connectivity index (χ4v) is 1.77. The first-order valence-corrected chi connectivity index (χ1v) is 6.31. The summed E-state index contributed by atoms with van der Waals surface area (Å²) in [6.45, 7) is 3.21. The highest BCUT2D eigenvalue weighted by Crippen LogP contribution is 2.07. The van der Waals surface area contributed by atoms with Gasteiger partial charge in [-0.05, 0) is 18.6 Å². The minimum atomic E-state index is -1.04. The van der Waals surface area contributed by atoms with Gasteiger partial charge in [0.15, 0.2) is 10.8 Å². The van der Waals surface area contributed by atoms with Crippen molar-refractivity contribution in [2.75, 3.05) is 5.75 Å². The second kappa shape index (κ2) is 6.82. The third-order valence-electron chi connectivity index (χ3n) is 2.05. The Labute approximate surface area is 110 Å². The van der Waals surface area contributed by atoms with Crippen LogP contribution in [0.5, 0.6) is 0 Å². The molecular formula is C13H13NO3S. The first-order valence-electron chi connectivity index (χ1n) is 5.33. The number of carbonyl (C=O) groups excluding carboxylic acids is 1. The number of aromatic carboxylic acids is 1. The number of carbonyl (C=O) groups is 2. The number of thioether (sulfide) groups is 1. The quantitative estimate of drug-likeness (QED) is 0.668. The van der Waals surface area contributed by atoms with E-state index in [4.69, 9.17) is 5.11 Å². The summed E-state index contributed by atoms with van der Waals surface area (Å²) in [4.78, 5) is 25.3. The second-order valence-electron chi connectivity index (χ2n) is 3.59. The second-order valence-corrected chi connectivity index (χ2v) is 4.86. The van der Waals surface area contributed by atoms with Gasteiger partial charge in [-0.25, -0.2) is 9.78 Å². The van der Waals surface area contributed by atoms with Gasteiger partial charge in [0, 0.05) is 30.9 Å². The third-order valence-corrected chi connectivity index (χ3v) is 2.86. The molecule has 1 N–H and O–H groups in total. The molecule has 0 aliphatic carbocycles. The number of hydrogen-bond acceptors (Lipinski definition) is 4. The molecule has 1 heterocycles. The first-order chi connectivity index (χ1) is 8.50. The van der Waals surface area contributed by atoms with Crippen LogP contribution in [0.4, 0.5) is 0 Å². The van der Waals surface area contributed by atoms with Crippen molar-refractivity contribution in [3.63, 3.8) is 0 Å². The molecule has 0 saturated carbocycles. The fourth-order valence-electron chi connectivity index (χ4n) is 1.28. The summed E-state index contributed by atoms with van der Waals surface area (Å²) in [7, 11) is 0. The first kappa shape index (κ1) is 14.3. The Bertz CT molecular complexity index is 529. The lowest BCUT2D eigenvalue weighted by atomic mass is 10.1. The van der Waals surface area contributed by atoms with Crippen LogP contribution in [0, 0.1) is 18.8 Å². The molecule has 1 aromatic heterocycles. The van der Waals surface area contributed by atoms with Crippen molar-refractivity contribution in [2.45, 2.75) is 20.3 Å². The zero-order valence-electron chi connectivity index (χ0n) is 10.2. The zero-order chi connectivity index (χ0) is 13.5. The van der Waals surface area contributed by atoms with Gasteiger partial charge in [0.2, 0.25) is 0 Å². The van der Waals surface area contributed by atoms with Gasteiger partial charge < -0.3 is 5.11 Å². The third kappa shape index (κ3) is 4.60. The van der Waals surface area contributed by atoms with Crippen molar-refractivity contribution < 1.29 is 14.7 Å². The Morgan fingerprint density at radius 3 is 2.78 bits per heavy atom. The van der Waals surface area contributed by atoms with Crippen LogP contribution in [0.1, 0.15) is 35.0 Å². The van der Waals surface area contributed by atoms with E-state index in [0.717, 1.165) is 0 Å². The molecule has 0 radical (unpaired) electrons. The van der Waals surface area contributed by atoms with Crippen molar-refractivity contribution in [3.05, 3.63) is 29.1 Å². The van der Waals surface area contributed by atoms with Crippen molar-refractivity contribution in [3.8, 4) is 11.8 Å². The fraction of sp³-hybridized carbons (Fsp3) is 0.308. The molecule has 1 rings (SSSR count). The minimum absolute atomic E-state index is 0.0488. The Balaban J connectivity index is 2.64. The molecule has 0 fully saturated rings. The van der Waals surface area contributed by atoms with Gasteiger partial charge in [-0.15, -0.1) is 0 Å². The Morgan fingerprint density at radius 1 is 1.50 bits per heavy atom. The molecule has 0 amide bonds. The van der Waals surface area contributed by atoms with Crippen LogP contribution in [-0.4, -0.2) is 26.9 Å². The zero-order valence-corrected chi connectivity index (χ0v) is 11.0. The largest absolute Gasteiger partial charge is 0.477 e. The van der Waals surface area contributed by atoms with E-state index in [1.165, 1.54) is 24.9 Å². The maximum Gasteiger partial charge on any atom is 0.354 e. The van der Waals surface area contributed by atoms with Crippen LogP contribution >= 0.6 is 11.8 Å². The number of nitrogens with zero attached hydrogens (tertiary/aromatic N) is 1. The molecule has 0 aliphatic heterocycles. The number of aromatic nitrogens is 1. The number of aryl methyl sites for hydroxylation is 1. The Morgan fingerprint density at radius 2 is 2.22 bits per heavy atom. The molecule has 0 bridgehead atoms. The normalized spacial score (nSPS) is 9.44. The number of pyridine rings is 1. The number of carboxylic acid groups (broad SMARTS) is 1. The number of hydrogen-bond donors (Lipinski definition) is 1. The molecule has 0 aliphatic rings. The van der Waals surface area contributed by atoms with Crippen molar-refractivity contribution in [2.24, 2.45) is 0 Å². The van der Waals surface area contributed by atoms with E-state index in [1.807, 2.05) is 0 Å². The van der Waals surface area contributed by atoms with E-state index in [9.17, 15) is 9.59 Å². The SMILES string of the molecule is CC(=O)SCCC#Cc1cnc(C(=O)O)c(C)c1. The summed E-state index contributed by atoms with van der Waals surface area (Å²) in [5.74, 6) is 5.45. The van der Waals surface area contributed by atoms with Gasteiger partial charge in [0.1, 0.15) is 0 Å². The number of carboxylic acids is 1. The van der Waals surface area contributed by atoms with Gasteiger partial charge in [0.25, 0.3) is 0 Å². The highest BCUT2D eigenvalue weighted by atomic mass is 32.2. The monoisotopic (exact) mass is 263 g/mol. The maximum absolute atomic E-state index is 10.8. The standard InChI is InChI=1S/C13H13NO3S/c1-9-7-11(8-14-12(9)13(16)17)5-3-4-6-18-10(2)15/h7-8H,4,6H2,1-2H3,(H,16,17). The lowest BCUT2D eigenvalue weighted by Gasteiger charge is -1.99. The van der Waals surface area contributed by atoms with Gasteiger partial charge in [-0.1, -0.05) is 23.6 Å². The van der Waals surface area contributed by atoms with Crippen molar-refractivity contribution >= 4 is 22.8 Å². The molecule has 0 saturated heterocycles. The molecule has 5 heteroatoms. The molecule has 0 atom stereocenters. The van der Waals surface area contributed by atoms with E-state index in [-0.39, 0.29) is 10.8 Å². The predicted octanol–water partition coefficient (Wildman–Crippen LogP) is 2.11. The topological polar surface area (TPSA) is 67.3 Å². The summed E-state index contributed by atoms with van der Waals surface area (Å²) < 4.78 is 0. The number of rotatable bonds is 3. The Kier molecular flexibility index (Phi) is 5.40. The van der Waals surface area contributed by atoms with Gasteiger partial charge in [-0.3, -0.25) is 4.79 Å². The summed E-state index contributed by atoms with van der Waals surface area (Å²) in [5, 5.41) is 8.90. The Hall–Kier alpha value is -1.80. The van der Waals surface area contributed by atoms with E-state index in [0.29, 0.717) is 23.3 Å². The molecule has 1 aromatic rings. The summed E-state index contributed by atoms with van der Waals surface area (Å²) in [6, 6.07) is 1.70. The van der Waals surface area contributed by atoms with E-state index in [1.54, 1.807) is 13.0 Å². The molecule has 4 nitrogen and oxygen atoms in total. The van der Waals surface area contributed by atoms with Gasteiger partial charge >= 0.3 is 5.97 Å². The van der Waals surface area contributed by atoms with Crippen molar-refractivity contribution in [1.82, 2.24) is 4.98 Å². The molecule has 0 unspecified atom stereocenters. The van der Waals surface area contributed by atoms with Gasteiger partial charge in [0.05, 0.1) is 0 Å². The van der Waals surface area contributed by atoms with Crippen LogP contribution in [0.25, 0.3) is 0 Å². The van der Waals surface area contributed by atoms with Crippen molar-refractivity contribution in [1.29, 1.82) is 0 Å². The molecule has 94 valence electrons. The molecule has 18 heavy (non-hydrogen) atoms. The van der Waals surface area contributed by atoms with E-state index < -0.39 is 5.97 Å².